The van der Waals surface area contributed by atoms with Crippen molar-refractivity contribution in [2.24, 2.45) is 0 Å². The molecule has 0 radical (unpaired) electrons. The van der Waals surface area contributed by atoms with Crippen LogP contribution in [0, 0.1) is 0 Å². The first-order valence-corrected chi connectivity index (χ1v) is 2.21. The molecule has 0 aromatic rings. The minimum absolute atomic E-state index is 0. The number of aliphatic hydroxyl groups is 2. The van der Waals surface area contributed by atoms with Crippen molar-refractivity contribution in [3.63, 3.8) is 0 Å². The number of aliphatic hydroxyl groups excluding tert-OH is 2. The normalized spacial score (nSPS) is 6.00. The molecular formula is C4H14Na4O3. The van der Waals surface area contributed by atoms with Crippen molar-refractivity contribution in [1.29, 1.82) is 0 Å². The Hall–Kier alpha value is 3.88. The molecule has 0 aromatic carbocycles. The van der Waals surface area contributed by atoms with E-state index < -0.39 is 0 Å². The Kier molecular flexibility index (Phi) is 78.0. The predicted octanol–water partition coefficient (Wildman–Crippen LogP) is -12.5. The Morgan fingerprint density at radius 1 is 0.818 bits per heavy atom. The Balaban J connectivity index is -0.00000000643. The quantitative estimate of drug-likeness (QED) is 0.351. The molecule has 0 bridgehead atoms. The molecule has 0 aliphatic carbocycles. The van der Waals surface area contributed by atoms with Crippen LogP contribution in [0.25, 0.3) is 0 Å². The fourth-order valence-corrected chi connectivity index (χ4v) is 0.231. The summed E-state index contributed by atoms with van der Waals surface area (Å²) in [5.41, 5.74) is 0. The summed E-state index contributed by atoms with van der Waals surface area (Å²) in [4.78, 5) is 0. The molecule has 0 spiro atoms. The smallest absolute Gasteiger partial charge is 1.00 e. The fourth-order valence-electron chi connectivity index (χ4n) is 0.231. The summed E-state index contributed by atoms with van der Waals surface area (Å²) >= 11 is 0. The topological polar surface area (TPSA) is 49.7 Å². The third-order valence-corrected chi connectivity index (χ3v) is 0.471. The zero-order valence-electron chi connectivity index (χ0n) is 12.1. The van der Waals surface area contributed by atoms with E-state index >= 15 is 0 Å². The van der Waals surface area contributed by atoms with Crippen LogP contribution in [-0.4, -0.2) is 36.6 Å². The summed E-state index contributed by atoms with van der Waals surface area (Å²) in [6, 6.07) is 0. The molecule has 0 saturated heterocycles. The van der Waals surface area contributed by atoms with Crippen LogP contribution in [-0.2, 0) is 4.74 Å². The van der Waals surface area contributed by atoms with E-state index in [1.54, 1.807) is 0 Å². The van der Waals surface area contributed by atoms with Gasteiger partial charge in [-0.15, -0.1) is 0 Å². The van der Waals surface area contributed by atoms with Gasteiger partial charge in [-0.2, -0.15) is 0 Å². The van der Waals surface area contributed by atoms with Gasteiger partial charge in [0.15, 0.2) is 0 Å². The SMILES string of the molecule is OCCOCCO.[H-].[H-].[H-].[H-].[Na+].[Na+].[Na+].[Na+]. The minimum atomic E-state index is 0. The molecule has 0 atom stereocenters. The third-order valence-electron chi connectivity index (χ3n) is 0.471. The summed E-state index contributed by atoms with van der Waals surface area (Å²) in [6.07, 6.45) is 0. The minimum Gasteiger partial charge on any atom is -1.00 e. The maximum atomic E-state index is 8.09. The zero-order valence-corrected chi connectivity index (χ0v) is 16.1. The number of rotatable bonds is 4. The second-order valence-corrected chi connectivity index (χ2v) is 1.06. The molecule has 0 amide bonds. The Bertz CT molecular complexity index is 49.1. The molecule has 0 aliphatic rings. The zero-order chi connectivity index (χ0) is 5.54. The Morgan fingerprint density at radius 2 is 1.09 bits per heavy atom. The number of ether oxygens (including phenoxy) is 1. The fraction of sp³-hybridized carbons (Fsp3) is 1.00. The van der Waals surface area contributed by atoms with E-state index in [0.29, 0.717) is 13.2 Å². The first-order chi connectivity index (χ1) is 3.41. The van der Waals surface area contributed by atoms with Crippen LogP contribution in [0.1, 0.15) is 5.71 Å². The molecule has 3 nitrogen and oxygen atoms in total. The average molecular weight is 202 g/mol. The maximum Gasteiger partial charge on any atom is 1.00 e. The van der Waals surface area contributed by atoms with Gasteiger partial charge in [0.05, 0.1) is 26.4 Å². The van der Waals surface area contributed by atoms with Gasteiger partial charge in [0.1, 0.15) is 0 Å². The van der Waals surface area contributed by atoms with Gasteiger partial charge in [-0.05, 0) is 0 Å². The van der Waals surface area contributed by atoms with Gasteiger partial charge < -0.3 is 20.7 Å². The number of hydrogen-bond acceptors (Lipinski definition) is 3. The van der Waals surface area contributed by atoms with Gasteiger partial charge in [0, 0.05) is 0 Å². The van der Waals surface area contributed by atoms with E-state index in [4.69, 9.17) is 10.2 Å². The maximum absolute atomic E-state index is 8.09. The molecule has 0 fully saturated rings. The predicted molar refractivity (Wildman–Crippen MR) is 29.4 cm³/mol. The molecule has 0 aliphatic heterocycles. The largest absolute Gasteiger partial charge is 1.00 e. The van der Waals surface area contributed by atoms with Crippen LogP contribution in [0.3, 0.4) is 0 Å². The van der Waals surface area contributed by atoms with Crippen molar-refractivity contribution in [3.05, 3.63) is 0 Å². The van der Waals surface area contributed by atoms with E-state index in [-0.39, 0.29) is 137 Å². The van der Waals surface area contributed by atoms with Gasteiger partial charge in [-0.3, -0.25) is 0 Å². The van der Waals surface area contributed by atoms with Crippen molar-refractivity contribution < 1.29 is 139 Å². The van der Waals surface area contributed by atoms with E-state index in [2.05, 4.69) is 4.74 Å². The van der Waals surface area contributed by atoms with Crippen LogP contribution in [0.5, 0.6) is 0 Å². The monoisotopic (exact) mass is 202 g/mol. The third kappa shape index (κ3) is 31.5. The van der Waals surface area contributed by atoms with Crippen molar-refractivity contribution in [1.82, 2.24) is 0 Å². The van der Waals surface area contributed by atoms with Gasteiger partial charge in [-0.25, -0.2) is 0 Å². The van der Waals surface area contributed by atoms with Crippen LogP contribution in [0.2, 0.25) is 0 Å². The molecule has 0 rings (SSSR count). The van der Waals surface area contributed by atoms with Gasteiger partial charge in [0.25, 0.3) is 0 Å². The van der Waals surface area contributed by atoms with Crippen LogP contribution >= 0.6 is 0 Å². The van der Waals surface area contributed by atoms with Crippen molar-refractivity contribution in [2.75, 3.05) is 26.4 Å². The van der Waals surface area contributed by atoms with Crippen molar-refractivity contribution >= 4 is 0 Å². The van der Waals surface area contributed by atoms with Crippen molar-refractivity contribution in [2.45, 2.75) is 0 Å². The van der Waals surface area contributed by atoms with Gasteiger partial charge in [-0.1, -0.05) is 0 Å². The summed E-state index contributed by atoms with van der Waals surface area (Å²) < 4.78 is 4.63. The molecule has 11 heavy (non-hydrogen) atoms. The van der Waals surface area contributed by atoms with Crippen LogP contribution in [0.15, 0.2) is 0 Å². The molecule has 7 heteroatoms. The van der Waals surface area contributed by atoms with Crippen molar-refractivity contribution in [3.8, 4) is 0 Å². The number of hydrogen-bond donors (Lipinski definition) is 2. The van der Waals surface area contributed by atoms with Crippen LogP contribution < -0.4 is 118 Å². The molecule has 52 valence electrons. The molecule has 0 aromatic heterocycles. The average Bonchev–Trinajstić information content (AvgIpc) is 1.69. The summed E-state index contributed by atoms with van der Waals surface area (Å²) in [5, 5.41) is 16.2. The first kappa shape index (κ1) is 29.4. The molecule has 2 N–H and O–H groups in total. The molecule has 0 heterocycles. The van der Waals surface area contributed by atoms with E-state index in [1.165, 1.54) is 0 Å². The Labute approximate surface area is 162 Å². The second-order valence-electron chi connectivity index (χ2n) is 1.06. The van der Waals surface area contributed by atoms with E-state index in [9.17, 15) is 0 Å². The molecule has 0 saturated carbocycles. The van der Waals surface area contributed by atoms with Gasteiger partial charge in [0.2, 0.25) is 0 Å². The summed E-state index contributed by atoms with van der Waals surface area (Å²) in [7, 11) is 0. The Morgan fingerprint density at radius 3 is 1.27 bits per heavy atom. The van der Waals surface area contributed by atoms with E-state index in [0.717, 1.165) is 0 Å². The summed E-state index contributed by atoms with van der Waals surface area (Å²) in [5.74, 6) is 0. The van der Waals surface area contributed by atoms with Gasteiger partial charge >= 0.3 is 118 Å². The molecule has 0 unspecified atom stereocenters. The van der Waals surface area contributed by atoms with Crippen LogP contribution in [0.4, 0.5) is 0 Å². The van der Waals surface area contributed by atoms with E-state index in [1.807, 2.05) is 0 Å². The summed E-state index contributed by atoms with van der Waals surface area (Å²) in [6.45, 7) is 0.696. The molecular weight excluding hydrogens is 188 g/mol. The standard InChI is InChI=1S/C4H10O3.4Na.4H/c5-1-3-7-4-2-6;;;;;;;;/h5-6H,1-4H2;;;;;;;;/q;4*+1;4*-1. The first-order valence-electron chi connectivity index (χ1n) is 2.21. The second kappa shape index (κ2) is 29.2.